The van der Waals surface area contributed by atoms with Crippen LogP contribution in [0.5, 0.6) is 5.75 Å². The minimum atomic E-state index is -0.184. The van der Waals surface area contributed by atoms with Gasteiger partial charge in [0.2, 0.25) is 0 Å². The molecule has 1 aromatic heterocycles. The number of nitrogens with zero attached hydrogens (tertiary/aromatic N) is 4. The third-order valence-electron chi connectivity index (χ3n) is 4.35. The number of thioether (sulfide) groups is 1. The Morgan fingerprint density at radius 2 is 1.83 bits per heavy atom. The van der Waals surface area contributed by atoms with Crippen molar-refractivity contribution >= 4 is 23.4 Å². The van der Waals surface area contributed by atoms with E-state index in [0.717, 1.165) is 22.1 Å². The lowest BCUT2D eigenvalue weighted by molar-refractivity contribution is 0.102. The second-order valence-electron chi connectivity index (χ2n) is 6.34. The third kappa shape index (κ3) is 4.66. The van der Waals surface area contributed by atoms with E-state index in [2.05, 4.69) is 20.8 Å². The zero-order valence-electron chi connectivity index (χ0n) is 16.2. The molecule has 1 amide bonds. The Labute approximate surface area is 178 Å². The number of carbonyl (C=O) groups is 1. The standard InChI is InChI=1S/C22H19N5O2S/c1-29-19-9-5-6-16(14-19)22(28)23-17-10-12-20(13-11-17)30-15-21-24-25-26-27(21)18-7-3-2-4-8-18/h2-14H,15H2,1H3,(H,23,28). The van der Waals surface area contributed by atoms with Gasteiger partial charge in [0, 0.05) is 16.1 Å². The van der Waals surface area contributed by atoms with Crippen LogP contribution in [0.3, 0.4) is 0 Å². The molecule has 7 nitrogen and oxygen atoms in total. The molecule has 3 aromatic carbocycles. The lowest BCUT2D eigenvalue weighted by Crippen LogP contribution is -2.11. The van der Waals surface area contributed by atoms with Crippen LogP contribution in [0.1, 0.15) is 16.2 Å². The first-order chi connectivity index (χ1) is 14.7. The molecule has 4 aromatic rings. The predicted octanol–water partition coefficient (Wildman–Crippen LogP) is 4.22. The van der Waals surface area contributed by atoms with Gasteiger partial charge in [-0.25, -0.2) is 0 Å². The molecule has 0 atom stereocenters. The molecule has 150 valence electrons. The number of aromatic nitrogens is 4. The van der Waals surface area contributed by atoms with Crippen LogP contribution in [0.2, 0.25) is 0 Å². The Morgan fingerprint density at radius 1 is 1.03 bits per heavy atom. The molecule has 0 saturated carbocycles. The number of amides is 1. The molecule has 8 heteroatoms. The van der Waals surface area contributed by atoms with Gasteiger partial charge in [-0.1, -0.05) is 24.3 Å². The number of anilines is 1. The number of methoxy groups -OCH3 is 1. The van der Waals surface area contributed by atoms with E-state index in [0.29, 0.717) is 17.1 Å². The molecule has 0 aliphatic rings. The van der Waals surface area contributed by atoms with Gasteiger partial charge in [-0.15, -0.1) is 16.9 Å². The maximum absolute atomic E-state index is 12.4. The van der Waals surface area contributed by atoms with E-state index in [-0.39, 0.29) is 5.91 Å². The van der Waals surface area contributed by atoms with E-state index in [1.807, 2.05) is 54.6 Å². The summed E-state index contributed by atoms with van der Waals surface area (Å²) >= 11 is 1.62. The van der Waals surface area contributed by atoms with Gasteiger partial charge in [0.25, 0.3) is 5.91 Å². The molecule has 0 saturated heterocycles. The van der Waals surface area contributed by atoms with E-state index in [1.54, 1.807) is 47.8 Å². The minimum Gasteiger partial charge on any atom is -0.497 e. The number of tetrazole rings is 1. The first kappa shape index (κ1) is 19.7. The number of benzene rings is 3. The summed E-state index contributed by atoms with van der Waals surface area (Å²) in [4.78, 5) is 13.5. The van der Waals surface area contributed by atoms with Gasteiger partial charge in [0.15, 0.2) is 5.82 Å². The molecule has 0 bridgehead atoms. The van der Waals surface area contributed by atoms with E-state index < -0.39 is 0 Å². The molecule has 0 radical (unpaired) electrons. The highest BCUT2D eigenvalue weighted by molar-refractivity contribution is 7.98. The van der Waals surface area contributed by atoms with Crippen molar-refractivity contribution in [3.63, 3.8) is 0 Å². The number of rotatable bonds is 7. The topological polar surface area (TPSA) is 81.9 Å². The Kier molecular flexibility index (Phi) is 6.05. The summed E-state index contributed by atoms with van der Waals surface area (Å²) in [7, 11) is 1.58. The molecular weight excluding hydrogens is 398 g/mol. The van der Waals surface area contributed by atoms with Crippen molar-refractivity contribution in [1.29, 1.82) is 0 Å². The fourth-order valence-corrected chi connectivity index (χ4v) is 3.62. The maximum atomic E-state index is 12.4. The molecular formula is C22H19N5O2S. The summed E-state index contributed by atoms with van der Waals surface area (Å²) in [6.45, 7) is 0. The van der Waals surface area contributed by atoms with Crippen LogP contribution in [0, 0.1) is 0 Å². The summed E-state index contributed by atoms with van der Waals surface area (Å²) in [5.41, 5.74) is 2.19. The molecule has 30 heavy (non-hydrogen) atoms. The average molecular weight is 417 g/mol. The van der Waals surface area contributed by atoms with Gasteiger partial charge < -0.3 is 10.1 Å². The fourth-order valence-electron chi connectivity index (χ4n) is 2.82. The highest BCUT2D eigenvalue weighted by Gasteiger charge is 2.10. The summed E-state index contributed by atoms with van der Waals surface area (Å²) in [5, 5.41) is 14.9. The number of hydrogen-bond donors (Lipinski definition) is 1. The number of para-hydroxylation sites is 1. The van der Waals surface area contributed by atoms with Crippen LogP contribution < -0.4 is 10.1 Å². The molecule has 0 spiro atoms. The molecule has 0 aliphatic carbocycles. The summed E-state index contributed by atoms with van der Waals surface area (Å²) in [5.74, 6) is 1.85. The number of ether oxygens (including phenoxy) is 1. The Balaban J connectivity index is 1.38. The first-order valence-corrected chi connectivity index (χ1v) is 10.2. The molecule has 1 heterocycles. The number of carbonyl (C=O) groups excluding carboxylic acids is 1. The smallest absolute Gasteiger partial charge is 0.255 e. The lowest BCUT2D eigenvalue weighted by Gasteiger charge is -2.08. The monoisotopic (exact) mass is 417 g/mol. The molecule has 0 aliphatic heterocycles. The molecule has 4 rings (SSSR count). The van der Waals surface area contributed by atoms with Crippen LogP contribution in [0.4, 0.5) is 5.69 Å². The van der Waals surface area contributed by atoms with Crippen LogP contribution in [0.25, 0.3) is 5.69 Å². The highest BCUT2D eigenvalue weighted by atomic mass is 32.2. The quantitative estimate of drug-likeness (QED) is 0.454. The van der Waals surface area contributed by atoms with Gasteiger partial charge in [-0.3, -0.25) is 4.79 Å². The summed E-state index contributed by atoms with van der Waals surface area (Å²) in [6, 6.07) is 24.5. The highest BCUT2D eigenvalue weighted by Crippen LogP contribution is 2.24. The van der Waals surface area contributed by atoms with Crippen molar-refractivity contribution in [1.82, 2.24) is 20.2 Å². The normalized spacial score (nSPS) is 10.6. The predicted molar refractivity (Wildman–Crippen MR) is 116 cm³/mol. The van der Waals surface area contributed by atoms with Gasteiger partial charge in [0.05, 0.1) is 18.6 Å². The van der Waals surface area contributed by atoms with E-state index in [9.17, 15) is 4.79 Å². The van der Waals surface area contributed by atoms with Crippen molar-refractivity contribution in [2.24, 2.45) is 0 Å². The van der Waals surface area contributed by atoms with E-state index >= 15 is 0 Å². The van der Waals surface area contributed by atoms with Gasteiger partial charge in [0.1, 0.15) is 5.75 Å². The largest absolute Gasteiger partial charge is 0.497 e. The Hall–Kier alpha value is -3.65. The molecule has 0 fully saturated rings. The van der Waals surface area contributed by atoms with Gasteiger partial charge in [-0.2, -0.15) is 4.68 Å². The average Bonchev–Trinajstić information content (AvgIpc) is 3.28. The second-order valence-corrected chi connectivity index (χ2v) is 7.39. The number of nitrogens with one attached hydrogen (secondary N) is 1. The second kappa shape index (κ2) is 9.23. The van der Waals surface area contributed by atoms with Crippen molar-refractivity contribution in [3.05, 3.63) is 90.3 Å². The Morgan fingerprint density at radius 3 is 2.60 bits per heavy atom. The van der Waals surface area contributed by atoms with Crippen molar-refractivity contribution in [2.45, 2.75) is 10.6 Å². The fraction of sp³-hybridized carbons (Fsp3) is 0.0909. The minimum absolute atomic E-state index is 0.184. The van der Waals surface area contributed by atoms with Gasteiger partial charge in [-0.05, 0) is 65.0 Å². The van der Waals surface area contributed by atoms with Gasteiger partial charge >= 0.3 is 0 Å². The van der Waals surface area contributed by atoms with Crippen molar-refractivity contribution < 1.29 is 9.53 Å². The van der Waals surface area contributed by atoms with Crippen LogP contribution in [-0.4, -0.2) is 33.2 Å². The summed E-state index contributed by atoms with van der Waals surface area (Å²) < 4.78 is 6.90. The molecule has 1 N–H and O–H groups in total. The van der Waals surface area contributed by atoms with Crippen LogP contribution >= 0.6 is 11.8 Å². The van der Waals surface area contributed by atoms with Crippen molar-refractivity contribution in [3.8, 4) is 11.4 Å². The number of hydrogen-bond acceptors (Lipinski definition) is 6. The zero-order valence-corrected chi connectivity index (χ0v) is 17.0. The lowest BCUT2D eigenvalue weighted by atomic mass is 10.2. The zero-order chi connectivity index (χ0) is 20.8. The first-order valence-electron chi connectivity index (χ1n) is 9.24. The van der Waals surface area contributed by atoms with E-state index in [4.69, 9.17) is 4.74 Å². The van der Waals surface area contributed by atoms with E-state index in [1.165, 1.54) is 0 Å². The summed E-state index contributed by atoms with van der Waals surface area (Å²) in [6.07, 6.45) is 0. The SMILES string of the molecule is COc1cccc(C(=O)Nc2ccc(SCc3nnnn3-c3ccccc3)cc2)c1. The van der Waals surface area contributed by atoms with Crippen LogP contribution in [-0.2, 0) is 5.75 Å². The van der Waals surface area contributed by atoms with Crippen LogP contribution in [0.15, 0.2) is 83.8 Å². The van der Waals surface area contributed by atoms with Crippen molar-refractivity contribution in [2.75, 3.05) is 12.4 Å². The third-order valence-corrected chi connectivity index (χ3v) is 5.35. The maximum Gasteiger partial charge on any atom is 0.255 e. The Bertz CT molecular complexity index is 1130. The molecule has 0 unspecified atom stereocenters.